The number of nitrogens with one attached hydrogen (secondary N) is 2. The quantitative estimate of drug-likeness (QED) is 0.808. The number of ether oxygens (including phenoxy) is 2. The topological polar surface area (TPSA) is 76.7 Å². The summed E-state index contributed by atoms with van der Waals surface area (Å²) in [5.41, 5.74) is 1.99. The fourth-order valence-corrected chi connectivity index (χ4v) is 3.00. The molecule has 120 valence electrons. The SMILES string of the molecule is CNc1ccc(C2CNCC(C(=O)OC)C2C(=O)OC)cc1. The molecule has 6 nitrogen and oxygen atoms in total. The van der Waals surface area contributed by atoms with Gasteiger partial charge in [-0.15, -0.1) is 0 Å². The van der Waals surface area contributed by atoms with E-state index in [0.717, 1.165) is 11.3 Å². The Labute approximate surface area is 130 Å². The first-order valence-corrected chi connectivity index (χ1v) is 7.26. The van der Waals surface area contributed by atoms with E-state index >= 15 is 0 Å². The van der Waals surface area contributed by atoms with Gasteiger partial charge in [0.1, 0.15) is 0 Å². The molecule has 22 heavy (non-hydrogen) atoms. The molecule has 1 aliphatic heterocycles. The van der Waals surface area contributed by atoms with E-state index in [1.54, 1.807) is 0 Å². The van der Waals surface area contributed by atoms with Gasteiger partial charge in [-0.25, -0.2) is 0 Å². The largest absolute Gasteiger partial charge is 0.469 e. The van der Waals surface area contributed by atoms with Crippen molar-refractivity contribution >= 4 is 17.6 Å². The van der Waals surface area contributed by atoms with Crippen LogP contribution in [0.1, 0.15) is 11.5 Å². The van der Waals surface area contributed by atoms with Crippen molar-refractivity contribution in [3.8, 4) is 0 Å². The van der Waals surface area contributed by atoms with Gasteiger partial charge in [0.25, 0.3) is 0 Å². The molecule has 0 saturated carbocycles. The zero-order valence-electron chi connectivity index (χ0n) is 13.1. The fourth-order valence-electron chi connectivity index (χ4n) is 3.00. The lowest BCUT2D eigenvalue weighted by atomic mass is 9.75. The number of anilines is 1. The van der Waals surface area contributed by atoms with Crippen molar-refractivity contribution < 1.29 is 19.1 Å². The Morgan fingerprint density at radius 1 is 1.09 bits per heavy atom. The van der Waals surface area contributed by atoms with Crippen molar-refractivity contribution in [1.82, 2.24) is 5.32 Å². The molecule has 0 aliphatic carbocycles. The summed E-state index contributed by atoms with van der Waals surface area (Å²) < 4.78 is 9.76. The van der Waals surface area contributed by atoms with E-state index < -0.39 is 11.8 Å². The van der Waals surface area contributed by atoms with Gasteiger partial charge < -0.3 is 20.1 Å². The van der Waals surface area contributed by atoms with Gasteiger partial charge in [-0.2, -0.15) is 0 Å². The molecule has 1 aliphatic rings. The van der Waals surface area contributed by atoms with Crippen LogP contribution in [0, 0.1) is 11.8 Å². The lowest BCUT2D eigenvalue weighted by Crippen LogP contribution is -2.49. The number of piperidine rings is 1. The van der Waals surface area contributed by atoms with Gasteiger partial charge in [-0.3, -0.25) is 9.59 Å². The van der Waals surface area contributed by atoms with Crippen molar-refractivity contribution in [2.45, 2.75) is 5.92 Å². The summed E-state index contributed by atoms with van der Waals surface area (Å²) in [6.07, 6.45) is 0. The summed E-state index contributed by atoms with van der Waals surface area (Å²) in [4.78, 5) is 24.2. The number of methoxy groups -OCH3 is 2. The summed E-state index contributed by atoms with van der Waals surface area (Å²) in [7, 11) is 4.53. The second-order valence-electron chi connectivity index (χ2n) is 5.32. The predicted molar refractivity (Wildman–Crippen MR) is 82.6 cm³/mol. The van der Waals surface area contributed by atoms with Crippen LogP contribution in [0.5, 0.6) is 0 Å². The first kappa shape index (κ1) is 16.3. The van der Waals surface area contributed by atoms with Crippen LogP contribution in [0.25, 0.3) is 0 Å². The highest BCUT2D eigenvalue weighted by Crippen LogP contribution is 2.35. The molecule has 3 atom stereocenters. The Kier molecular flexibility index (Phi) is 5.38. The van der Waals surface area contributed by atoms with Crippen LogP contribution in [-0.2, 0) is 19.1 Å². The first-order valence-electron chi connectivity index (χ1n) is 7.26. The van der Waals surface area contributed by atoms with E-state index in [1.165, 1.54) is 14.2 Å². The highest BCUT2D eigenvalue weighted by Gasteiger charge is 2.44. The molecule has 0 aromatic heterocycles. The van der Waals surface area contributed by atoms with E-state index in [9.17, 15) is 9.59 Å². The maximum absolute atomic E-state index is 12.2. The van der Waals surface area contributed by atoms with E-state index in [0.29, 0.717) is 13.1 Å². The molecule has 6 heteroatoms. The average molecular weight is 306 g/mol. The number of hydrogen-bond acceptors (Lipinski definition) is 6. The number of esters is 2. The summed E-state index contributed by atoms with van der Waals surface area (Å²) in [6.45, 7) is 1.03. The monoisotopic (exact) mass is 306 g/mol. The van der Waals surface area contributed by atoms with Gasteiger partial charge in [0.15, 0.2) is 0 Å². The molecule has 1 aromatic rings. The second kappa shape index (κ2) is 7.26. The molecule has 1 saturated heterocycles. The molecule has 1 fully saturated rings. The maximum Gasteiger partial charge on any atom is 0.310 e. The van der Waals surface area contributed by atoms with Gasteiger partial charge in [-0.1, -0.05) is 12.1 Å². The van der Waals surface area contributed by atoms with Crippen LogP contribution in [0.15, 0.2) is 24.3 Å². The second-order valence-corrected chi connectivity index (χ2v) is 5.32. The van der Waals surface area contributed by atoms with Gasteiger partial charge in [0.2, 0.25) is 0 Å². The highest BCUT2D eigenvalue weighted by atomic mass is 16.5. The highest BCUT2D eigenvalue weighted by molar-refractivity contribution is 5.83. The van der Waals surface area contributed by atoms with Crippen molar-refractivity contribution in [3.63, 3.8) is 0 Å². The summed E-state index contributed by atoms with van der Waals surface area (Å²) in [5.74, 6) is -1.98. The Morgan fingerprint density at radius 3 is 2.27 bits per heavy atom. The zero-order chi connectivity index (χ0) is 16.1. The van der Waals surface area contributed by atoms with Crippen LogP contribution in [-0.4, -0.2) is 46.3 Å². The molecule has 1 heterocycles. The normalized spacial score (nSPS) is 24.4. The van der Waals surface area contributed by atoms with Gasteiger partial charge in [0, 0.05) is 31.7 Å². The molecule has 0 bridgehead atoms. The van der Waals surface area contributed by atoms with Crippen molar-refractivity contribution in [2.24, 2.45) is 11.8 Å². The standard InChI is InChI=1S/C16H22N2O4/c1-17-11-6-4-10(5-7-11)12-8-18-9-13(15(19)21-2)14(12)16(20)22-3/h4-7,12-14,17-18H,8-9H2,1-3H3. The van der Waals surface area contributed by atoms with Gasteiger partial charge >= 0.3 is 11.9 Å². The molecule has 0 spiro atoms. The summed E-state index contributed by atoms with van der Waals surface area (Å²) in [5, 5.41) is 6.27. The number of carbonyl (C=O) groups excluding carboxylic acids is 2. The Morgan fingerprint density at radius 2 is 1.73 bits per heavy atom. The molecule has 3 unspecified atom stereocenters. The van der Waals surface area contributed by atoms with Crippen LogP contribution < -0.4 is 10.6 Å². The molecule has 0 radical (unpaired) electrons. The molecular weight excluding hydrogens is 284 g/mol. The van der Waals surface area contributed by atoms with Crippen molar-refractivity contribution in [3.05, 3.63) is 29.8 Å². The molecular formula is C16H22N2O4. The average Bonchev–Trinajstić information content (AvgIpc) is 2.59. The van der Waals surface area contributed by atoms with E-state index in [2.05, 4.69) is 10.6 Å². The Balaban J connectivity index is 2.33. The van der Waals surface area contributed by atoms with Crippen molar-refractivity contribution in [2.75, 3.05) is 39.7 Å². The van der Waals surface area contributed by atoms with Gasteiger partial charge in [0.05, 0.1) is 26.1 Å². The third-order valence-corrected chi connectivity index (χ3v) is 4.20. The summed E-state index contributed by atoms with van der Waals surface area (Å²) >= 11 is 0. The maximum atomic E-state index is 12.2. The smallest absolute Gasteiger partial charge is 0.310 e. The number of hydrogen-bond donors (Lipinski definition) is 2. The lowest BCUT2D eigenvalue weighted by molar-refractivity contribution is -0.159. The number of benzene rings is 1. The van der Waals surface area contributed by atoms with Crippen LogP contribution in [0.4, 0.5) is 5.69 Å². The Hall–Kier alpha value is -2.08. The zero-order valence-corrected chi connectivity index (χ0v) is 13.1. The van der Waals surface area contributed by atoms with Crippen LogP contribution >= 0.6 is 0 Å². The fraction of sp³-hybridized carbons (Fsp3) is 0.500. The van der Waals surface area contributed by atoms with E-state index in [-0.39, 0.29) is 17.9 Å². The third kappa shape index (κ3) is 3.22. The molecule has 2 N–H and O–H groups in total. The minimum absolute atomic E-state index is 0.129. The minimum atomic E-state index is -0.542. The van der Waals surface area contributed by atoms with Gasteiger partial charge in [-0.05, 0) is 17.7 Å². The van der Waals surface area contributed by atoms with Crippen LogP contribution in [0.3, 0.4) is 0 Å². The number of rotatable bonds is 4. The van der Waals surface area contributed by atoms with Crippen LogP contribution in [0.2, 0.25) is 0 Å². The molecule has 0 amide bonds. The first-order chi connectivity index (χ1) is 10.6. The lowest BCUT2D eigenvalue weighted by Gasteiger charge is -2.35. The van der Waals surface area contributed by atoms with E-state index in [1.807, 2.05) is 31.3 Å². The van der Waals surface area contributed by atoms with Crippen molar-refractivity contribution in [1.29, 1.82) is 0 Å². The Bertz CT molecular complexity index is 529. The number of carbonyl (C=O) groups is 2. The molecule has 2 rings (SSSR count). The summed E-state index contributed by atoms with van der Waals surface area (Å²) in [6, 6.07) is 7.83. The third-order valence-electron chi connectivity index (χ3n) is 4.20. The molecule has 1 aromatic carbocycles. The minimum Gasteiger partial charge on any atom is -0.469 e. The predicted octanol–water partition coefficient (Wildman–Crippen LogP) is 0.993. The van der Waals surface area contributed by atoms with E-state index in [4.69, 9.17) is 9.47 Å².